The molecule has 11 heteroatoms. The molecule has 39 heavy (non-hydrogen) atoms. The first-order valence-corrected chi connectivity index (χ1v) is 12.6. The van der Waals surface area contributed by atoms with Gasteiger partial charge in [-0.2, -0.15) is 10.5 Å². The lowest BCUT2D eigenvalue weighted by Gasteiger charge is -2.13. The molecule has 4 N–H and O–H groups in total. The summed E-state index contributed by atoms with van der Waals surface area (Å²) in [6, 6.07) is 18.9. The fraction of sp³-hybridized carbons (Fsp3) is 0.214. The summed E-state index contributed by atoms with van der Waals surface area (Å²) in [4.78, 5) is 9.00. The Balaban J connectivity index is 0.000000983. The molecular formula is C28H27N5O5S. The van der Waals surface area contributed by atoms with Crippen molar-refractivity contribution in [2.24, 2.45) is 0 Å². The Hall–Kier alpha value is -4.55. The predicted octanol–water partition coefficient (Wildman–Crippen LogP) is 4.32. The van der Waals surface area contributed by atoms with Crippen LogP contribution in [0.4, 0.5) is 5.82 Å². The fourth-order valence-corrected chi connectivity index (χ4v) is 4.58. The van der Waals surface area contributed by atoms with Crippen molar-refractivity contribution < 1.29 is 24.1 Å². The second-order valence-electron chi connectivity index (χ2n) is 7.84. The maximum atomic E-state index is 10.0. The van der Waals surface area contributed by atoms with Crippen LogP contribution in [0.1, 0.15) is 22.6 Å². The highest BCUT2D eigenvalue weighted by Crippen LogP contribution is 2.38. The topological polar surface area (TPSA) is 171 Å². The molecule has 0 saturated heterocycles. The number of aryl methyl sites for hydroxylation is 1. The zero-order valence-electron chi connectivity index (χ0n) is 21.6. The number of thioether (sulfide) groups is 1. The summed E-state index contributed by atoms with van der Waals surface area (Å²) in [6.45, 7) is 1.58. The van der Waals surface area contributed by atoms with Crippen molar-refractivity contribution in [2.45, 2.75) is 17.7 Å². The number of methoxy groups -OCH3 is 2. The van der Waals surface area contributed by atoms with Crippen molar-refractivity contribution in [1.82, 2.24) is 9.97 Å². The summed E-state index contributed by atoms with van der Waals surface area (Å²) < 4.78 is 16.5. The molecule has 0 atom stereocenters. The summed E-state index contributed by atoms with van der Waals surface area (Å²) in [7, 11) is 3.16. The van der Waals surface area contributed by atoms with E-state index >= 15 is 0 Å². The Morgan fingerprint density at radius 3 is 2.21 bits per heavy atom. The number of nitrogens with two attached hydrogens (primary N) is 1. The van der Waals surface area contributed by atoms with Crippen molar-refractivity contribution in [3.05, 3.63) is 71.1 Å². The molecule has 2 aromatic carbocycles. The van der Waals surface area contributed by atoms with E-state index in [1.807, 2.05) is 31.2 Å². The molecule has 0 spiro atoms. The van der Waals surface area contributed by atoms with E-state index in [0.29, 0.717) is 50.7 Å². The van der Waals surface area contributed by atoms with Gasteiger partial charge in [-0.1, -0.05) is 36.0 Å². The molecule has 4 rings (SSSR count). The number of nitriles is 2. The molecule has 0 aliphatic rings. The van der Waals surface area contributed by atoms with E-state index in [4.69, 9.17) is 29.8 Å². The van der Waals surface area contributed by atoms with E-state index in [2.05, 4.69) is 22.1 Å². The standard InChI is InChI=1S/C26H21N5O3S.C2H6O2/c1-15-21(30-25(34-15)18-6-4-5-7-22(18)33-3)14-35-26-20(13-28)23(19(12-27)24(29)31-26)16-8-10-17(32-2)11-9-16;3-1-2-4/h4-11H,14H2,1-3H3,(H2,29,31);3-4H,1-2H2. The van der Waals surface area contributed by atoms with Crippen LogP contribution in [0.25, 0.3) is 22.6 Å². The van der Waals surface area contributed by atoms with Crippen LogP contribution in [0.2, 0.25) is 0 Å². The van der Waals surface area contributed by atoms with Gasteiger partial charge in [0.2, 0.25) is 5.89 Å². The third-order valence-electron chi connectivity index (χ3n) is 5.47. The third-order valence-corrected chi connectivity index (χ3v) is 6.46. The lowest BCUT2D eigenvalue weighted by molar-refractivity contribution is 0.186. The number of hydrogen-bond acceptors (Lipinski definition) is 11. The average Bonchev–Trinajstić information content (AvgIpc) is 3.35. The van der Waals surface area contributed by atoms with Crippen molar-refractivity contribution in [2.75, 3.05) is 33.2 Å². The zero-order chi connectivity index (χ0) is 28.4. The summed E-state index contributed by atoms with van der Waals surface area (Å²) in [5.41, 5.74) is 9.13. The lowest BCUT2D eigenvalue weighted by Crippen LogP contribution is -2.03. The van der Waals surface area contributed by atoms with E-state index < -0.39 is 0 Å². The number of nitrogen functional groups attached to an aromatic ring is 1. The SMILES string of the molecule is COc1ccc(-c2c(C#N)c(N)nc(SCc3nc(-c4ccccc4OC)oc3C)c2C#N)cc1.OCCO. The largest absolute Gasteiger partial charge is 0.497 e. The second-order valence-corrected chi connectivity index (χ2v) is 8.80. The first kappa shape index (κ1) is 29.0. The maximum Gasteiger partial charge on any atom is 0.230 e. The number of benzene rings is 2. The van der Waals surface area contributed by atoms with Gasteiger partial charge in [0, 0.05) is 11.3 Å². The first-order chi connectivity index (χ1) is 18.9. The van der Waals surface area contributed by atoms with Crippen LogP contribution in [-0.2, 0) is 5.75 Å². The van der Waals surface area contributed by atoms with Gasteiger partial charge in [0.05, 0.1) is 44.3 Å². The fourth-order valence-electron chi connectivity index (χ4n) is 3.58. The Kier molecular flexibility index (Phi) is 10.3. The van der Waals surface area contributed by atoms with Gasteiger partial charge in [-0.3, -0.25) is 0 Å². The third kappa shape index (κ3) is 6.67. The molecule has 0 bridgehead atoms. The van der Waals surface area contributed by atoms with Crippen LogP contribution in [0.15, 0.2) is 58.0 Å². The summed E-state index contributed by atoms with van der Waals surface area (Å²) in [5, 5.41) is 35.4. The van der Waals surface area contributed by atoms with Crippen LogP contribution in [-0.4, -0.2) is 47.6 Å². The van der Waals surface area contributed by atoms with Gasteiger partial charge in [0.15, 0.2) is 0 Å². The van der Waals surface area contributed by atoms with E-state index in [-0.39, 0.29) is 30.2 Å². The van der Waals surface area contributed by atoms with Crippen molar-refractivity contribution >= 4 is 17.6 Å². The lowest BCUT2D eigenvalue weighted by atomic mass is 9.97. The highest BCUT2D eigenvalue weighted by Gasteiger charge is 2.22. The molecule has 0 unspecified atom stereocenters. The van der Waals surface area contributed by atoms with Gasteiger partial charge in [-0.05, 0) is 36.8 Å². The number of para-hydroxylation sites is 1. The van der Waals surface area contributed by atoms with Gasteiger partial charge < -0.3 is 29.8 Å². The van der Waals surface area contributed by atoms with Crippen LogP contribution < -0.4 is 15.2 Å². The highest BCUT2D eigenvalue weighted by molar-refractivity contribution is 7.98. The van der Waals surface area contributed by atoms with Crippen LogP contribution in [0, 0.1) is 29.6 Å². The first-order valence-electron chi connectivity index (χ1n) is 11.6. The molecule has 200 valence electrons. The van der Waals surface area contributed by atoms with Crippen molar-refractivity contribution in [3.63, 3.8) is 0 Å². The van der Waals surface area contributed by atoms with Gasteiger partial charge in [-0.25, -0.2) is 9.97 Å². The predicted molar refractivity (Wildman–Crippen MR) is 147 cm³/mol. The Morgan fingerprint density at radius 1 is 0.949 bits per heavy atom. The normalized spacial score (nSPS) is 10.1. The zero-order valence-corrected chi connectivity index (χ0v) is 22.5. The average molecular weight is 546 g/mol. The molecule has 0 fully saturated rings. The second kappa shape index (κ2) is 13.8. The molecule has 10 nitrogen and oxygen atoms in total. The minimum absolute atomic E-state index is 0.0615. The number of ether oxygens (including phenoxy) is 2. The molecule has 0 amide bonds. The van der Waals surface area contributed by atoms with Crippen molar-refractivity contribution in [1.29, 1.82) is 10.5 Å². The van der Waals surface area contributed by atoms with Crippen LogP contribution >= 0.6 is 11.8 Å². The number of nitrogens with zero attached hydrogens (tertiary/aromatic N) is 4. The smallest absolute Gasteiger partial charge is 0.230 e. The molecule has 0 radical (unpaired) electrons. The van der Waals surface area contributed by atoms with Gasteiger partial charge >= 0.3 is 0 Å². The quantitative estimate of drug-likeness (QED) is 0.269. The van der Waals surface area contributed by atoms with E-state index in [0.717, 1.165) is 5.56 Å². The number of pyridine rings is 1. The molecule has 2 aromatic heterocycles. The number of aliphatic hydroxyl groups excluding tert-OH is 2. The van der Waals surface area contributed by atoms with Gasteiger partial charge in [0.1, 0.15) is 45.8 Å². The van der Waals surface area contributed by atoms with Gasteiger partial charge in [0.25, 0.3) is 0 Å². The molecule has 0 saturated carbocycles. The molecule has 0 aliphatic heterocycles. The molecular weight excluding hydrogens is 518 g/mol. The summed E-state index contributed by atoms with van der Waals surface area (Å²) in [6.07, 6.45) is 0. The highest BCUT2D eigenvalue weighted by atomic mass is 32.2. The summed E-state index contributed by atoms with van der Waals surface area (Å²) >= 11 is 1.31. The number of aromatic nitrogens is 2. The van der Waals surface area contributed by atoms with Gasteiger partial charge in [-0.15, -0.1) is 0 Å². The monoisotopic (exact) mass is 545 g/mol. The number of hydrogen-bond donors (Lipinski definition) is 3. The number of aliphatic hydroxyl groups is 2. The minimum atomic E-state index is -0.125. The Morgan fingerprint density at radius 2 is 1.62 bits per heavy atom. The van der Waals surface area contributed by atoms with Crippen LogP contribution in [0.5, 0.6) is 11.5 Å². The summed E-state index contributed by atoms with van der Waals surface area (Å²) in [5.74, 6) is 2.86. The Bertz CT molecular complexity index is 1500. The van der Waals surface area contributed by atoms with E-state index in [1.165, 1.54) is 11.8 Å². The van der Waals surface area contributed by atoms with Crippen molar-refractivity contribution in [3.8, 4) is 46.2 Å². The number of rotatable bonds is 8. The Labute approximate surface area is 230 Å². The molecule has 4 aromatic rings. The number of oxazole rings is 1. The molecule has 2 heterocycles. The van der Waals surface area contributed by atoms with E-state index in [1.54, 1.807) is 38.5 Å². The van der Waals surface area contributed by atoms with Crippen LogP contribution in [0.3, 0.4) is 0 Å². The van der Waals surface area contributed by atoms with E-state index in [9.17, 15) is 10.5 Å². The number of anilines is 1. The molecule has 0 aliphatic carbocycles. The minimum Gasteiger partial charge on any atom is -0.497 e. The maximum absolute atomic E-state index is 10.0.